The van der Waals surface area contributed by atoms with Gasteiger partial charge in [-0.25, -0.2) is 13.8 Å². The zero-order valence-corrected chi connectivity index (χ0v) is 15.5. The Morgan fingerprint density at radius 3 is 2.28 bits per heavy atom. The Kier molecular flexibility index (Phi) is 5.88. The number of primary amides is 1. The van der Waals surface area contributed by atoms with Crippen molar-refractivity contribution >= 4 is 23.3 Å². The Morgan fingerprint density at radius 2 is 1.79 bits per heavy atom. The number of aromatic nitrogens is 2. The van der Waals surface area contributed by atoms with Crippen LogP contribution in [-0.4, -0.2) is 26.9 Å². The molecular formula is C16H12ClF4N3O5. The van der Waals surface area contributed by atoms with Crippen molar-refractivity contribution in [2.75, 3.05) is 0 Å². The van der Waals surface area contributed by atoms with Crippen LogP contribution in [0.1, 0.15) is 12.6 Å². The van der Waals surface area contributed by atoms with E-state index in [9.17, 15) is 36.7 Å². The molecule has 0 fully saturated rings. The molecule has 0 bridgehead atoms. The molecule has 1 aromatic heterocycles. The maximum atomic E-state index is 13.9. The molecule has 13 heteroatoms. The summed E-state index contributed by atoms with van der Waals surface area (Å²) in [7, 11) is 0.740. The van der Waals surface area contributed by atoms with Gasteiger partial charge in [0.25, 0.3) is 11.5 Å². The first-order chi connectivity index (χ1) is 13.3. The number of nitrogens with two attached hydrogens (primary N) is 1. The molecule has 2 N–H and O–H groups in total. The molecule has 1 aromatic carbocycles. The molecule has 0 aliphatic heterocycles. The van der Waals surface area contributed by atoms with Gasteiger partial charge in [-0.15, -0.1) is 0 Å². The number of ether oxygens (including phenoxy) is 1. The van der Waals surface area contributed by atoms with Gasteiger partial charge in [0.2, 0.25) is 6.10 Å². The fraction of sp³-hybridized carbons (Fsp3) is 0.250. The first kappa shape index (κ1) is 22.1. The van der Waals surface area contributed by atoms with Crippen molar-refractivity contribution in [2.24, 2.45) is 12.8 Å². The molecule has 0 spiro atoms. The van der Waals surface area contributed by atoms with Gasteiger partial charge in [0.15, 0.2) is 11.5 Å². The van der Waals surface area contributed by atoms with Crippen LogP contribution in [0.3, 0.4) is 0 Å². The fourth-order valence-corrected chi connectivity index (χ4v) is 2.65. The normalized spacial score (nSPS) is 12.5. The number of carbonyl (C=O) groups is 2. The number of hydrogen-bond donors (Lipinski definition) is 1. The lowest BCUT2D eigenvalue weighted by Crippen LogP contribution is -2.42. The standard InChI is InChI=1S/C16H12ClF4N3O5/c1-6(25)12(14(22)27)29-13-8(17)3-7(18)4-9(13)24-11(26)5-10(16(19,20)21)23(2)15(24)28/h3-5,12H,1-2H3,(H2,22,27). The zero-order chi connectivity index (χ0) is 22.3. The summed E-state index contributed by atoms with van der Waals surface area (Å²) in [6.07, 6.45) is -6.93. The average molecular weight is 438 g/mol. The molecule has 2 aromatic rings. The van der Waals surface area contributed by atoms with E-state index in [0.717, 1.165) is 14.0 Å². The number of halogens is 5. The third-order valence-corrected chi connectivity index (χ3v) is 3.98. The number of hydrogen-bond acceptors (Lipinski definition) is 5. The Morgan fingerprint density at radius 1 is 1.21 bits per heavy atom. The fourth-order valence-electron chi connectivity index (χ4n) is 2.41. The Labute approximate surface area is 164 Å². The first-order valence-electron chi connectivity index (χ1n) is 7.61. The number of rotatable bonds is 5. The summed E-state index contributed by atoms with van der Waals surface area (Å²) in [6.45, 7) is 0.940. The van der Waals surface area contributed by atoms with E-state index in [1.54, 1.807) is 0 Å². The summed E-state index contributed by atoms with van der Waals surface area (Å²) in [5, 5.41) is -0.568. The molecule has 1 unspecified atom stereocenters. The second-order valence-electron chi connectivity index (χ2n) is 5.79. The summed E-state index contributed by atoms with van der Waals surface area (Å²) in [5.41, 5.74) is -0.211. The van der Waals surface area contributed by atoms with Gasteiger partial charge in [0, 0.05) is 19.2 Å². The quantitative estimate of drug-likeness (QED) is 0.557. The van der Waals surface area contributed by atoms with E-state index in [1.807, 2.05) is 0 Å². The molecule has 8 nitrogen and oxygen atoms in total. The number of nitrogens with zero attached hydrogens (tertiary/aromatic N) is 2. The average Bonchev–Trinajstić information content (AvgIpc) is 2.55. The van der Waals surface area contributed by atoms with E-state index in [-0.39, 0.29) is 15.2 Å². The minimum absolute atomic E-state index is 0.112. The van der Waals surface area contributed by atoms with Crippen molar-refractivity contribution in [3.63, 3.8) is 0 Å². The minimum Gasteiger partial charge on any atom is -0.469 e. The Bertz CT molecular complexity index is 1110. The van der Waals surface area contributed by atoms with Crippen LogP contribution in [0.15, 0.2) is 27.8 Å². The molecule has 0 aliphatic carbocycles. The Balaban J connectivity index is 2.85. The van der Waals surface area contributed by atoms with Crippen LogP contribution in [0.2, 0.25) is 5.02 Å². The van der Waals surface area contributed by atoms with Crippen LogP contribution in [0.5, 0.6) is 5.75 Å². The van der Waals surface area contributed by atoms with Crippen molar-refractivity contribution in [3.05, 3.63) is 55.6 Å². The Hall–Kier alpha value is -3.15. The summed E-state index contributed by atoms with van der Waals surface area (Å²) in [6, 6.07) is 1.36. The monoisotopic (exact) mass is 437 g/mol. The van der Waals surface area contributed by atoms with Crippen molar-refractivity contribution in [3.8, 4) is 11.4 Å². The molecule has 1 heterocycles. The third kappa shape index (κ3) is 4.31. The van der Waals surface area contributed by atoms with Crippen LogP contribution in [0.4, 0.5) is 17.6 Å². The second kappa shape index (κ2) is 7.70. The van der Waals surface area contributed by atoms with Crippen LogP contribution in [-0.2, 0) is 22.8 Å². The molecule has 1 amide bonds. The van der Waals surface area contributed by atoms with Crippen molar-refractivity contribution in [1.82, 2.24) is 9.13 Å². The second-order valence-corrected chi connectivity index (χ2v) is 6.20. The van der Waals surface area contributed by atoms with Crippen LogP contribution < -0.4 is 21.7 Å². The zero-order valence-electron chi connectivity index (χ0n) is 14.7. The van der Waals surface area contributed by atoms with Crippen molar-refractivity contribution < 1.29 is 31.9 Å². The summed E-state index contributed by atoms with van der Waals surface area (Å²) >= 11 is 5.85. The maximum absolute atomic E-state index is 13.9. The van der Waals surface area contributed by atoms with Crippen molar-refractivity contribution in [2.45, 2.75) is 19.2 Å². The lowest BCUT2D eigenvalue weighted by Gasteiger charge is -2.19. The highest BCUT2D eigenvalue weighted by Crippen LogP contribution is 2.33. The number of carbonyl (C=O) groups excluding carboxylic acids is 2. The molecule has 0 saturated carbocycles. The molecule has 156 valence electrons. The van der Waals surface area contributed by atoms with Gasteiger partial charge in [-0.2, -0.15) is 13.2 Å². The van der Waals surface area contributed by atoms with Gasteiger partial charge in [0.05, 0.1) is 5.02 Å². The van der Waals surface area contributed by atoms with E-state index in [1.165, 1.54) is 0 Å². The van der Waals surface area contributed by atoms with E-state index >= 15 is 0 Å². The molecule has 0 aliphatic rings. The van der Waals surface area contributed by atoms with Crippen LogP contribution in [0.25, 0.3) is 5.69 Å². The predicted molar refractivity (Wildman–Crippen MR) is 91.5 cm³/mol. The lowest BCUT2D eigenvalue weighted by atomic mass is 10.2. The maximum Gasteiger partial charge on any atom is 0.431 e. The van der Waals surface area contributed by atoms with Gasteiger partial charge in [0.1, 0.15) is 17.2 Å². The summed E-state index contributed by atoms with van der Waals surface area (Å²) < 4.78 is 58.2. The van der Waals surface area contributed by atoms with E-state index in [2.05, 4.69) is 0 Å². The van der Waals surface area contributed by atoms with E-state index < -0.39 is 63.2 Å². The third-order valence-electron chi connectivity index (χ3n) is 3.70. The smallest absolute Gasteiger partial charge is 0.431 e. The van der Waals surface area contributed by atoms with Crippen LogP contribution in [0, 0.1) is 5.82 Å². The SMILES string of the molecule is CC(=O)C(Oc1c(Cl)cc(F)cc1-n1c(=O)cc(C(F)(F)F)n(C)c1=O)C(N)=O. The number of ketones is 1. The largest absolute Gasteiger partial charge is 0.469 e. The van der Waals surface area contributed by atoms with Gasteiger partial charge in [-0.05, 0) is 13.0 Å². The molecular weight excluding hydrogens is 426 g/mol. The molecule has 0 radical (unpaired) electrons. The predicted octanol–water partition coefficient (Wildman–Crippen LogP) is 1.17. The topological polar surface area (TPSA) is 113 Å². The number of benzene rings is 1. The van der Waals surface area contributed by atoms with Gasteiger partial charge >= 0.3 is 11.9 Å². The summed E-state index contributed by atoms with van der Waals surface area (Å²) in [5.74, 6) is -3.89. The molecule has 29 heavy (non-hydrogen) atoms. The van der Waals surface area contributed by atoms with E-state index in [4.69, 9.17) is 22.1 Å². The van der Waals surface area contributed by atoms with Gasteiger partial charge in [-0.3, -0.25) is 19.0 Å². The van der Waals surface area contributed by atoms with E-state index in [0.29, 0.717) is 12.1 Å². The number of alkyl halides is 3. The van der Waals surface area contributed by atoms with Crippen LogP contribution >= 0.6 is 11.6 Å². The highest BCUT2D eigenvalue weighted by atomic mass is 35.5. The first-order valence-corrected chi connectivity index (χ1v) is 7.99. The minimum atomic E-state index is -5.02. The molecule has 0 saturated heterocycles. The number of Topliss-reactive ketones (excluding diaryl/α,β-unsaturated/α-hetero) is 1. The van der Waals surface area contributed by atoms with Crippen molar-refractivity contribution in [1.29, 1.82) is 0 Å². The summed E-state index contributed by atoms with van der Waals surface area (Å²) in [4.78, 5) is 47.7. The van der Waals surface area contributed by atoms with Gasteiger partial charge in [-0.1, -0.05) is 11.6 Å². The highest BCUT2D eigenvalue weighted by Gasteiger charge is 2.35. The van der Waals surface area contributed by atoms with Gasteiger partial charge < -0.3 is 10.5 Å². The lowest BCUT2D eigenvalue weighted by molar-refractivity contribution is -0.144. The number of amides is 1. The molecule has 1 atom stereocenters. The highest BCUT2D eigenvalue weighted by molar-refractivity contribution is 6.32. The molecule has 2 rings (SSSR count).